The van der Waals surface area contributed by atoms with Crippen LogP contribution in [-0.4, -0.2) is 37.6 Å². The van der Waals surface area contributed by atoms with Gasteiger partial charge in [-0.25, -0.2) is 0 Å². The van der Waals surface area contributed by atoms with Crippen LogP contribution in [0.25, 0.3) is 0 Å². The molecule has 0 aliphatic rings. The van der Waals surface area contributed by atoms with E-state index in [0.29, 0.717) is 26.0 Å². The number of terminal acetylenes is 1. The van der Waals surface area contributed by atoms with E-state index in [-0.39, 0.29) is 24.5 Å². The fourth-order valence-electron chi connectivity index (χ4n) is 1.17. The highest BCUT2D eigenvalue weighted by atomic mass is 16.5. The van der Waals surface area contributed by atoms with Crippen LogP contribution in [0.15, 0.2) is 0 Å². The van der Waals surface area contributed by atoms with Gasteiger partial charge in [0.25, 0.3) is 0 Å². The van der Waals surface area contributed by atoms with Crippen LogP contribution in [0.4, 0.5) is 0 Å². The molecule has 0 fully saturated rings. The minimum Gasteiger partial charge on any atom is -0.466 e. The zero-order valence-corrected chi connectivity index (χ0v) is 10.4. The molecule has 0 aromatic heterocycles. The lowest BCUT2D eigenvalue weighted by Gasteiger charge is -2.12. The Bertz CT molecular complexity index is 284. The third-order valence-electron chi connectivity index (χ3n) is 2.07. The molecule has 0 radical (unpaired) electrons. The van der Waals surface area contributed by atoms with Crippen LogP contribution >= 0.6 is 0 Å². The lowest BCUT2D eigenvalue weighted by atomic mass is 10.2. The van der Waals surface area contributed by atoms with Crippen LogP contribution in [0.2, 0.25) is 0 Å². The van der Waals surface area contributed by atoms with Crippen molar-refractivity contribution < 1.29 is 14.3 Å². The van der Waals surface area contributed by atoms with Gasteiger partial charge in [-0.2, -0.15) is 0 Å². The largest absolute Gasteiger partial charge is 0.466 e. The maximum atomic E-state index is 11.4. The quantitative estimate of drug-likeness (QED) is 0.357. The molecule has 0 aliphatic carbocycles. The first-order chi connectivity index (χ1) is 8.11. The van der Waals surface area contributed by atoms with E-state index in [1.807, 2.05) is 0 Å². The lowest BCUT2D eigenvalue weighted by molar-refractivity contribution is -0.143. The maximum Gasteiger partial charge on any atom is 0.305 e. The fraction of sp³-hybridized carbons (Fsp3) is 0.667. The van der Waals surface area contributed by atoms with Crippen molar-refractivity contribution in [2.24, 2.45) is 0 Å². The van der Waals surface area contributed by atoms with Gasteiger partial charge in [0.15, 0.2) is 0 Å². The second kappa shape index (κ2) is 9.67. The number of esters is 1. The van der Waals surface area contributed by atoms with E-state index in [0.717, 1.165) is 0 Å². The summed E-state index contributed by atoms with van der Waals surface area (Å²) in [5.41, 5.74) is 0. The second-order valence-electron chi connectivity index (χ2n) is 3.51. The third kappa shape index (κ3) is 8.29. The first kappa shape index (κ1) is 15.5. The molecule has 0 saturated heterocycles. The van der Waals surface area contributed by atoms with Crippen molar-refractivity contribution >= 4 is 11.9 Å². The van der Waals surface area contributed by atoms with Gasteiger partial charge in [-0.3, -0.25) is 9.59 Å². The highest BCUT2D eigenvalue weighted by Crippen LogP contribution is 1.92. The Kier molecular flexibility index (Phi) is 8.79. The molecule has 0 heterocycles. The molecule has 1 atom stereocenters. The molecule has 1 amide bonds. The number of ether oxygens (including phenoxy) is 1. The van der Waals surface area contributed by atoms with Crippen molar-refractivity contribution in [2.45, 2.75) is 32.7 Å². The molecule has 0 aromatic carbocycles. The summed E-state index contributed by atoms with van der Waals surface area (Å²) in [7, 11) is 0. The Labute approximate surface area is 102 Å². The van der Waals surface area contributed by atoms with E-state index >= 15 is 0 Å². The molecule has 0 saturated carbocycles. The van der Waals surface area contributed by atoms with Crippen LogP contribution in [0, 0.1) is 12.3 Å². The SMILES string of the molecule is C#CCNC(=O)C(C)NCCCC(=O)OCC. The number of amides is 1. The average Bonchev–Trinajstić information content (AvgIpc) is 2.31. The first-order valence-electron chi connectivity index (χ1n) is 5.72. The predicted molar refractivity (Wildman–Crippen MR) is 65.2 cm³/mol. The maximum absolute atomic E-state index is 11.4. The van der Waals surface area contributed by atoms with Crippen molar-refractivity contribution in [3.63, 3.8) is 0 Å². The molecule has 5 nitrogen and oxygen atoms in total. The van der Waals surface area contributed by atoms with Crippen LogP contribution in [0.5, 0.6) is 0 Å². The highest BCUT2D eigenvalue weighted by Gasteiger charge is 2.10. The van der Waals surface area contributed by atoms with Gasteiger partial charge in [-0.1, -0.05) is 5.92 Å². The topological polar surface area (TPSA) is 67.4 Å². The van der Waals surface area contributed by atoms with E-state index in [1.165, 1.54) is 0 Å². The van der Waals surface area contributed by atoms with Gasteiger partial charge in [0, 0.05) is 6.42 Å². The molecule has 96 valence electrons. The molecule has 2 N–H and O–H groups in total. The lowest BCUT2D eigenvalue weighted by Crippen LogP contribution is -2.42. The predicted octanol–water partition coefficient (Wildman–Crippen LogP) is 0.0572. The van der Waals surface area contributed by atoms with Gasteiger partial charge in [0.1, 0.15) is 0 Å². The Balaban J connectivity index is 3.57. The average molecular weight is 240 g/mol. The summed E-state index contributed by atoms with van der Waals surface area (Å²) in [6.07, 6.45) is 6.03. The Hall–Kier alpha value is -1.54. The van der Waals surface area contributed by atoms with Gasteiger partial charge in [-0.05, 0) is 26.8 Å². The Morgan fingerprint density at radius 2 is 2.18 bits per heavy atom. The Morgan fingerprint density at radius 1 is 1.47 bits per heavy atom. The van der Waals surface area contributed by atoms with Crippen molar-refractivity contribution in [3.05, 3.63) is 0 Å². The van der Waals surface area contributed by atoms with Crippen LogP contribution in [0.1, 0.15) is 26.7 Å². The summed E-state index contributed by atoms with van der Waals surface area (Å²) >= 11 is 0. The fourth-order valence-corrected chi connectivity index (χ4v) is 1.17. The number of rotatable bonds is 8. The minimum absolute atomic E-state index is 0.140. The zero-order valence-electron chi connectivity index (χ0n) is 10.4. The standard InChI is InChI=1S/C12H20N2O3/c1-4-8-14-12(16)10(3)13-9-6-7-11(15)17-5-2/h1,10,13H,5-9H2,2-3H3,(H,14,16). The number of nitrogens with one attached hydrogen (secondary N) is 2. The molecular formula is C12H20N2O3. The summed E-state index contributed by atoms with van der Waals surface area (Å²) in [6, 6.07) is -0.314. The smallest absolute Gasteiger partial charge is 0.305 e. The van der Waals surface area contributed by atoms with Crippen molar-refractivity contribution in [2.75, 3.05) is 19.7 Å². The second-order valence-corrected chi connectivity index (χ2v) is 3.51. The molecule has 1 unspecified atom stereocenters. The molecule has 0 rings (SSSR count). The van der Waals surface area contributed by atoms with Gasteiger partial charge in [0.05, 0.1) is 19.2 Å². The monoisotopic (exact) mass is 240 g/mol. The van der Waals surface area contributed by atoms with Crippen molar-refractivity contribution in [1.29, 1.82) is 0 Å². The van der Waals surface area contributed by atoms with Crippen LogP contribution in [-0.2, 0) is 14.3 Å². The highest BCUT2D eigenvalue weighted by molar-refractivity contribution is 5.81. The summed E-state index contributed by atoms with van der Waals surface area (Å²) in [6.45, 7) is 4.73. The number of hydrogen-bond donors (Lipinski definition) is 2. The van der Waals surface area contributed by atoms with Crippen LogP contribution < -0.4 is 10.6 Å². The minimum atomic E-state index is -0.314. The molecule has 17 heavy (non-hydrogen) atoms. The van der Waals surface area contributed by atoms with Gasteiger partial charge >= 0.3 is 5.97 Å². The summed E-state index contributed by atoms with van der Waals surface area (Å²) < 4.78 is 4.78. The third-order valence-corrected chi connectivity index (χ3v) is 2.07. The zero-order chi connectivity index (χ0) is 13.1. The van der Waals surface area contributed by atoms with Gasteiger partial charge in [0.2, 0.25) is 5.91 Å². The Morgan fingerprint density at radius 3 is 2.76 bits per heavy atom. The van der Waals surface area contributed by atoms with Crippen molar-refractivity contribution in [1.82, 2.24) is 10.6 Å². The summed E-state index contributed by atoms with van der Waals surface area (Å²) in [5, 5.41) is 5.57. The van der Waals surface area contributed by atoms with E-state index in [2.05, 4.69) is 16.6 Å². The molecule has 0 aromatic rings. The first-order valence-corrected chi connectivity index (χ1v) is 5.72. The normalized spacial score (nSPS) is 11.4. The van der Waals surface area contributed by atoms with Gasteiger partial charge < -0.3 is 15.4 Å². The summed E-state index contributed by atoms with van der Waals surface area (Å²) in [4.78, 5) is 22.4. The van der Waals surface area contributed by atoms with Gasteiger partial charge in [-0.15, -0.1) is 6.42 Å². The van der Waals surface area contributed by atoms with Crippen molar-refractivity contribution in [3.8, 4) is 12.3 Å². The van der Waals surface area contributed by atoms with E-state index in [1.54, 1.807) is 13.8 Å². The summed E-state index contributed by atoms with van der Waals surface area (Å²) in [5.74, 6) is 1.98. The molecule has 0 spiro atoms. The molecule has 0 bridgehead atoms. The van der Waals surface area contributed by atoms with Crippen LogP contribution in [0.3, 0.4) is 0 Å². The molecule has 0 aliphatic heterocycles. The number of carbonyl (C=O) groups is 2. The van der Waals surface area contributed by atoms with E-state index < -0.39 is 0 Å². The number of hydrogen-bond acceptors (Lipinski definition) is 4. The van der Waals surface area contributed by atoms with E-state index in [4.69, 9.17) is 11.2 Å². The molecule has 5 heteroatoms. The number of carbonyl (C=O) groups excluding carboxylic acids is 2. The van der Waals surface area contributed by atoms with E-state index in [9.17, 15) is 9.59 Å². The molecular weight excluding hydrogens is 220 g/mol.